The number of aliphatic hydroxyl groups excluding tert-OH is 1. The van der Waals surface area contributed by atoms with Gasteiger partial charge in [0.15, 0.2) is 11.5 Å². The summed E-state index contributed by atoms with van der Waals surface area (Å²) in [5.74, 6) is -0.585. The van der Waals surface area contributed by atoms with E-state index >= 15 is 0 Å². The number of benzene rings is 2. The number of methoxy groups -OCH3 is 3. The number of amides is 2. The van der Waals surface area contributed by atoms with E-state index in [4.69, 9.17) is 19.3 Å². The molecule has 1 heterocycles. The number of aliphatic hydroxyl groups is 1. The maximum atomic E-state index is 13.2. The fourth-order valence-corrected chi connectivity index (χ4v) is 4.65. The molecule has 13 heteroatoms. The number of ether oxygens (including phenoxy) is 3. The lowest BCUT2D eigenvalue weighted by Crippen LogP contribution is -2.36. The Morgan fingerprint density at radius 3 is 2.24 bits per heavy atom. The van der Waals surface area contributed by atoms with Crippen molar-refractivity contribution in [3.05, 3.63) is 59.4 Å². The lowest BCUT2D eigenvalue weighted by Gasteiger charge is -2.15. The van der Waals surface area contributed by atoms with Crippen LogP contribution in [0, 0.1) is 0 Å². The molecule has 204 valence electrons. The fraction of sp³-hybridized carbons (Fsp3) is 0.280. The molecular formula is C25H30N4O8S. The normalized spacial score (nSPS) is 11.9. The molecule has 0 aliphatic carbocycles. The molecule has 3 rings (SSSR count). The van der Waals surface area contributed by atoms with Crippen LogP contribution in [-0.4, -0.2) is 82.2 Å². The van der Waals surface area contributed by atoms with Gasteiger partial charge in [0.2, 0.25) is 5.75 Å². The molecule has 12 nitrogen and oxygen atoms in total. The summed E-state index contributed by atoms with van der Waals surface area (Å²) in [5, 5.41) is 14.8. The van der Waals surface area contributed by atoms with Gasteiger partial charge in [0.25, 0.3) is 11.8 Å². The molecule has 0 atom stereocenters. The van der Waals surface area contributed by atoms with Crippen molar-refractivity contribution in [2.45, 2.75) is 0 Å². The molecule has 0 bridgehead atoms. The maximum absolute atomic E-state index is 13.2. The fourth-order valence-electron chi connectivity index (χ4n) is 3.64. The number of rotatable bonds is 11. The number of nitrogens with one attached hydrogen (secondary N) is 2. The van der Waals surface area contributed by atoms with Gasteiger partial charge in [-0.15, -0.1) is 0 Å². The zero-order chi connectivity index (χ0) is 28.0. The molecule has 2 amide bonds. The average Bonchev–Trinajstić information content (AvgIpc) is 3.29. The summed E-state index contributed by atoms with van der Waals surface area (Å²) in [4.78, 5) is 26.2. The molecule has 2 aromatic carbocycles. The highest BCUT2D eigenvalue weighted by molar-refractivity contribution is 7.87. The van der Waals surface area contributed by atoms with Gasteiger partial charge in [-0.3, -0.25) is 9.59 Å². The van der Waals surface area contributed by atoms with Crippen LogP contribution in [0.5, 0.6) is 17.2 Å². The van der Waals surface area contributed by atoms with Crippen LogP contribution in [0.2, 0.25) is 0 Å². The van der Waals surface area contributed by atoms with Gasteiger partial charge in [0.1, 0.15) is 5.70 Å². The predicted molar refractivity (Wildman–Crippen MR) is 142 cm³/mol. The standard InChI is InChI=1S/C25H30N4O8S/c1-28(2)38(33,34)29-15-17(18-8-6-7-9-20(18)29)12-19(25(32)26-10-11-30)27-24(31)16-13-21(35-3)23(37-5)22(14-16)36-4/h6-9,12-15,30H,10-11H2,1-5H3,(H,26,32)(H,27,31). The van der Waals surface area contributed by atoms with E-state index in [1.54, 1.807) is 24.3 Å². The highest BCUT2D eigenvalue weighted by atomic mass is 32.2. The Kier molecular flexibility index (Phi) is 8.99. The minimum absolute atomic E-state index is 0.0625. The highest BCUT2D eigenvalue weighted by Gasteiger charge is 2.23. The largest absolute Gasteiger partial charge is 0.493 e. The van der Waals surface area contributed by atoms with Crippen molar-refractivity contribution in [3.63, 3.8) is 0 Å². The number of hydrogen-bond donors (Lipinski definition) is 3. The molecule has 3 N–H and O–H groups in total. The molecule has 38 heavy (non-hydrogen) atoms. The van der Waals surface area contributed by atoms with Crippen LogP contribution in [0.25, 0.3) is 17.0 Å². The number of aromatic nitrogens is 1. The molecule has 0 unspecified atom stereocenters. The van der Waals surface area contributed by atoms with Crippen LogP contribution in [0.15, 0.2) is 48.3 Å². The third-order valence-electron chi connectivity index (χ3n) is 5.54. The monoisotopic (exact) mass is 546 g/mol. The van der Waals surface area contributed by atoms with Gasteiger partial charge >= 0.3 is 10.2 Å². The average molecular weight is 547 g/mol. The van der Waals surface area contributed by atoms with Gasteiger partial charge in [0.05, 0.1) is 33.5 Å². The minimum atomic E-state index is -3.88. The molecule has 3 aromatic rings. The molecule has 0 aliphatic heterocycles. The second-order valence-corrected chi connectivity index (χ2v) is 10.1. The Morgan fingerprint density at radius 2 is 1.68 bits per heavy atom. The number of hydrogen-bond acceptors (Lipinski definition) is 8. The van der Waals surface area contributed by atoms with Crippen molar-refractivity contribution in [2.75, 3.05) is 48.6 Å². The van der Waals surface area contributed by atoms with Crippen molar-refractivity contribution < 1.29 is 37.3 Å². The third-order valence-corrected chi connectivity index (χ3v) is 7.26. The first kappa shape index (κ1) is 28.5. The highest BCUT2D eigenvalue weighted by Crippen LogP contribution is 2.38. The van der Waals surface area contributed by atoms with Crippen molar-refractivity contribution in [3.8, 4) is 17.2 Å². The Balaban J connectivity index is 2.13. The summed E-state index contributed by atoms with van der Waals surface area (Å²) in [7, 11) is 3.18. The van der Waals surface area contributed by atoms with Crippen LogP contribution in [0.4, 0.5) is 0 Å². The van der Waals surface area contributed by atoms with Gasteiger partial charge in [-0.05, 0) is 24.3 Å². The van der Waals surface area contributed by atoms with Gasteiger partial charge in [-0.2, -0.15) is 12.7 Å². The smallest absolute Gasteiger partial charge is 0.307 e. The van der Waals surface area contributed by atoms with Crippen molar-refractivity contribution >= 4 is 39.0 Å². The van der Waals surface area contributed by atoms with Crippen LogP contribution in [0.3, 0.4) is 0 Å². The summed E-state index contributed by atoms with van der Waals surface area (Å²) >= 11 is 0. The van der Waals surface area contributed by atoms with Gasteiger partial charge in [-0.25, -0.2) is 3.97 Å². The molecule has 0 spiro atoms. The number of nitrogens with zero attached hydrogens (tertiary/aromatic N) is 2. The molecule has 0 aliphatic rings. The van der Waals surface area contributed by atoms with Crippen LogP contribution in [0.1, 0.15) is 15.9 Å². The van der Waals surface area contributed by atoms with Gasteiger partial charge in [-0.1, -0.05) is 18.2 Å². The maximum Gasteiger partial charge on any atom is 0.307 e. The lowest BCUT2D eigenvalue weighted by molar-refractivity contribution is -0.117. The van der Waals surface area contributed by atoms with Crippen LogP contribution in [-0.2, 0) is 15.0 Å². The van der Waals surface area contributed by atoms with Crippen molar-refractivity contribution in [1.82, 2.24) is 18.9 Å². The molecule has 0 saturated heterocycles. The molecule has 0 fully saturated rings. The molecular weight excluding hydrogens is 516 g/mol. The zero-order valence-electron chi connectivity index (χ0n) is 21.6. The van der Waals surface area contributed by atoms with E-state index in [1.807, 2.05) is 0 Å². The predicted octanol–water partition coefficient (Wildman–Crippen LogP) is 1.20. The van der Waals surface area contributed by atoms with Crippen LogP contribution < -0.4 is 24.8 Å². The van der Waals surface area contributed by atoms with Gasteiger partial charge in [0, 0.05) is 43.4 Å². The molecule has 0 radical (unpaired) electrons. The number of para-hydroxylation sites is 1. The summed E-state index contributed by atoms with van der Waals surface area (Å²) in [6, 6.07) is 9.61. The van der Waals surface area contributed by atoms with Crippen molar-refractivity contribution in [1.29, 1.82) is 0 Å². The second kappa shape index (κ2) is 12.0. The van der Waals surface area contributed by atoms with Gasteiger partial charge < -0.3 is 30.0 Å². The zero-order valence-corrected chi connectivity index (χ0v) is 22.5. The number of carbonyl (C=O) groups is 2. The number of carbonyl (C=O) groups excluding carboxylic acids is 2. The van der Waals surface area contributed by atoms with Crippen molar-refractivity contribution in [2.24, 2.45) is 0 Å². The SMILES string of the molecule is COc1cc(C(=O)NC(=Cc2cn(S(=O)(=O)N(C)C)c3ccccc23)C(=O)NCCO)cc(OC)c1OC. The minimum Gasteiger partial charge on any atom is -0.493 e. The molecule has 1 aromatic heterocycles. The summed E-state index contributed by atoms with van der Waals surface area (Å²) < 4.78 is 43.9. The van der Waals surface area contributed by atoms with E-state index < -0.39 is 22.0 Å². The summed E-state index contributed by atoms with van der Waals surface area (Å²) in [6.07, 6.45) is 2.73. The number of fused-ring (bicyclic) bond motifs is 1. The first-order chi connectivity index (χ1) is 18.1. The third kappa shape index (κ3) is 5.74. The first-order valence-electron chi connectivity index (χ1n) is 11.3. The Labute approximate surface area is 220 Å². The summed E-state index contributed by atoms with van der Waals surface area (Å²) in [6.45, 7) is -0.382. The van der Waals surface area contributed by atoms with Crippen LogP contribution >= 0.6 is 0 Å². The summed E-state index contributed by atoms with van der Waals surface area (Å²) in [5.41, 5.74) is 0.684. The molecule has 0 saturated carbocycles. The van der Waals surface area contributed by atoms with E-state index in [0.717, 1.165) is 8.28 Å². The lowest BCUT2D eigenvalue weighted by atomic mass is 10.1. The van der Waals surface area contributed by atoms with E-state index in [9.17, 15) is 18.0 Å². The first-order valence-corrected chi connectivity index (χ1v) is 12.7. The van der Waals surface area contributed by atoms with E-state index in [1.165, 1.54) is 59.8 Å². The van der Waals surface area contributed by atoms with E-state index in [0.29, 0.717) is 16.5 Å². The second-order valence-electron chi connectivity index (χ2n) is 8.09. The van der Waals surface area contributed by atoms with E-state index in [-0.39, 0.29) is 41.7 Å². The quantitative estimate of drug-likeness (QED) is 0.304. The van der Waals surface area contributed by atoms with E-state index in [2.05, 4.69) is 10.6 Å². The topological polar surface area (TPSA) is 148 Å². The Bertz CT molecular complexity index is 1450. The Morgan fingerprint density at radius 1 is 1.05 bits per heavy atom. The Hall–Kier alpha value is -4.07.